The van der Waals surface area contributed by atoms with Crippen LogP contribution in [-0.2, 0) is 9.47 Å². The van der Waals surface area contributed by atoms with Gasteiger partial charge in [-0.2, -0.15) is 0 Å². The highest BCUT2D eigenvalue weighted by atomic mass is 16.5. The lowest BCUT2D eigenvalue weighted by atomic mass is 10.0. The first-order valence-electron chi connectivity index (χ1n) is 5.27. The summed E-state index contributed by atoms with van der Waals surface area (Å²) >= 11 is 0. The van der Waals surface area contributed by atoms with Crippen LogP contribution in [-0.4, -0.2) is 31.0 Å². The summed E-state index contributed by atoms with van der Waals surface area (Å²) in [5, 5.41) is 0. The Kier molecular flexibility index (Phi) is 5.64. The summed E-state index contributed by atoms with van der Waals surface area (Å²) in [7, 11) is 0. The third-order valence-electron chi connectivity index (χ3n) is 1.89. The molecular formula is C11H25NO2. The van der Waals surface area contributed by atoms with Gasteiger partial charge >= 0.3 is 0 Å². The molecule has 2 N–H and O–H groups in total. The maximum Gasteiger partial charge on any atom is 0.0649 e. The van der Waals surface area contributed by atoms with Crippen molar-refractivity contribution in [2.24, 2.45) is 5.73 Å². The quantitative estimate of drug-likeness (QED) is 0.643. The van der Waals surface area contributed by atoms with Crippen molar-refractivity contribution in [3.05, 3.63) is 0 Å². The van der Waals surface area contributed by atoms with E-state index in [9.17, 15) is 0 Å². The van der Waals surface area contributed by atoms with Crippen LogP contribution in [0.1, 0.15) is 41.0 Å². The number of hydrogen-bond donors (Lipinski definition) is 1. The van der Waals surface area contributed by atoms with Crippen molar-refractivity contribution in [3.63, 3.8) is 0 Å². The lowest BCUT2D eigenvalue weighted by Crippen LogP contribution is -2.41. The molecule has 0 aromatic carbocycles. The average Bonchev–Trinajstić information content (AvgIpc) is 2.00. The van der Waals surface area contributed by atoms with Gasteiger partial charge in [0.2, 0.25) is 0 Å². The van der Waals surface area contributed by atoms with E-state index in [0.29, 0.717) is 6.61 Å². The average molecular weight is 203 g/mol. The minimum atomic E-state index is -0.261. The van der Waals surface area contributed by atoms with E-state index in [0.717, 1.165) is 19.6 Å². The van der Waals surface area contributed by atoms with Gasteiger partial charge in [-0.3, -0.25) is 0 Å². The molecule has 0 aliphatic heterocycles. The molecule has 0 radical (unpaired) electrons. The minimum Gasteiger partial charge on any atom is -0.382 e. The van der Waals surface area contributed by atoms with Crippen LogP contribution in [0.5, 0.6) is 0 Å². The summed E-state index contributed by atoms with van der Waals surface area (Å²) in [5.74, 6) is 0. The molecule has 0 saturated carbocycles. The molecule has 0 heterocycles. The lowest BCUT2D eigenvalue weighted by molar-refractivity contribution is -0.0549. The molecule has 0 atom stereocenters. The summed E-state index contributed by atoms with van der Waals surface area (Å²) in [4.78, 5) is 0. The molecule has 0 aliphatic rings. The van der Waals surface area contributed by atoms with E-state index < -0.39 is 0 Å². The van der Waals surface area contributed by atoms with Gasteiger partial charge in [-0.1, -0.05) is 0 Å². The zero-order valence-electron chi connectivity index (χ0n) is 10.2. The Morgan fingerprint density at radius 2 is 1.71 bits per heavy atom. The molecule has 0 spiro atoms. The second kappa shape index (κ2) is 5.69. The van der Waals surface area contributed by atoms with Gasteiger partial charge in [0.1, 0.15) is 0 Å². The monoisotopic (exact) mass is 203 g/mol. The molecule has 0 saturated heterocycles. The summed E-state index contributed by atoms with van der Waals surface area (Å²) in [6, 6.07) is 0. The Bertz CT molecular complexity index is 150. The van der Waals surface area contributed by atoms with Crippen LogP contribution >= 0.6 is 0 Å². The van der Waals surface area contributed by atoms with Gasteiger partial charge in [0, 0.05) is 18.8 Å². The molecule has 0 aromatic heterocycles. The fourth-order valence-corrected chi connectivity index (χ4v) is 0.916. The van der Waals surface area contributed by atoms with E-state index in [2.05, 4.69) is 13.8 Å². The van der Waals surface area contributed by atoms with E-state index >= 15 is 0 Å². The number of hydrogen-bond acceptors (Lipinski definition) is 3. The van der Waals surface area contributed by atoms with Crippen LogP contribution < -0.4 is 5.73 Å². The highest BCUT2D eigenvalue weighted by molar-refractivity contribution is 4.75. The van der Waals surface area contributed by atoms with Gasteiger partial charge in [0.15, 0.2) is 0 Å². The highest BCUT2D eigenvalue weighted by Crippen LogP contribution is 2.16. The molecule has 0 rings (SSSR count). The number of nitrogens with two attached hydrogens (primary N) is 1. The topological polar surface area (TPSA) is 44.5 Å². The van der Waals surface area contributed by atoms with E-state index in [4.69, 9.17) is 15.2 Å². The van der Waals surface area contributed by atoms with Gasteiger partial charge in [-0.05, 0) is 41.0 Å². The van der Waals surface area contributed by atoms with E-state index in [1.807, 2.05) is 20.8 Å². The third kappa shape index (κ3) is 8.48. The molecule has 0 bridgehead atoms. The summed E-state index contributed by atoms with van der Waals surface area (Å²) in [6.45, 7) is 12.1. The molecule has 86 valence electrons. The van der Waals surface area contributed by atoms with Crippen molar-refractivity contribution in [2.75, 3.05) is 19.8 Å². The van der Waals surface area contributed by atoms with Crippen LogP contribution in [0.15, 0.2) is 0 Å². The van der Waals surface area contributed by atoms with Crippen molar-refractivity contribution in [3.8, 4) is 0 Å². The first kappa shape index (κ1) is 13.9. The Balaban J connectivity index is 3.72. The molecular weight excluding hydrogens is 178 g/mol. The smallest absolute Gasteiger partial charge is 0.0649 e. The zero-order chi connectivity index (χ0) is 11.2. The second-order valence-electron chi connectivity index (χ2n) is 4.98. The molecule has 0 amide bonds. The minimum absolute atomic E-state index is 0.147. The Hall–Kier alpha value is -0.120. The molecule has 3 nitrogen and oxygen atoms in total. The van der Waals surface area contributed by atoms with Gasteiger partial charge < -0.3 is 15.2 Å². The van der Waals surface area contributed by atoms with Crippen molar-refractivity contribution >= 4 is 0 Å². The van der Waals surface area contributed by atoms with Crippen molar-refractivity contribution in [1.82, 2.24) is 0 Å². The molecule has 0 fully saturated rings. The summed E-state index contributed by atoms with van der Waals surface area (Å²) in [6.07, 6.45) is 0.900. The SMILES string of the molecule is CCOCCC(C)(C)OCC(C)(C)N. The van der Waals surface area contributed by atoms with Gasteiger partial charge in [-0.25, -0.2) is 0 Å². The fourth-order valence-electron chi connectivity index (χ4n) is 0.916. The van der Waals surface area contributed by atoms with Crippen LogP contribution in [0.3, 0.4) is 0 Å². The highest BCUT2D eigenvalue weighted by Gasteiger charge is 2.21. The number of rotatable bonds is 7. The van der Waals surface area contributed by atoms with Crippen molar-refractivity contribution in [1.29, 1.82) is 0 Å². The predicted octanol–water partition coefficient (Wildman–Crippen LogP) is 1.95. The molecule has 14 heavy (non-hydrogen) atoms. The normalized spacial score (nSPS) is 13.3. The van der Waals surface area contributed by atoms with E-state index in [1.54, 1.807) is 0 Å². The van der Waals surface area contributed by atoms with E-state index in [1.165, 1.54) is 0 Å². The van der Waals surface area contributed by atoms with Gasteiger partial charge in [0.25, 0.3) is 0 Å². The maximum atomic E-state index is 5.84. The molecule has 0 aromatic rings. The van der Waals surface area contributed by atoms with Crippen molar-refractivity contribution in [2.45, 2.75) is 52.2 Å². The fraction of sp³-hybridized carbons (Fsp3) is 1.00. The van der Waals surface area contributed by atoms with Crippen molar-refractivity contribution < 1.29 is 9.47 Å². The third-order valence-corrected chi connectivity index (χ3v) is 1.89. The second-order valence-corrected chi connectivity index (χ2v) is 4.98. The van der Waals surface area contributed by atoms with Crippen LogP contribution in [0, 0.1) is 0 Å². The summed E-state index contributed by atoms with van der Waals surface area (Å²) < 4.78 is 11.0. The first-order valence-corrected chi connectivity index (χ1v) is 5.27. The standard InChI is InChI=1S/C11H25NO2/c1-6-13-8-7-11(4,5)14-9-10(2,3)12/h6-9,12H2,1-5H3. The van der Waals surface area contributed by atoms with E-state index in [-0.39, 0.29) is 11.1 Å². The lowest BCUT2D eigenvalue weighted by Gasteiger charge is -2.29. The zero-order valence-corrected chi connectivity index (χ0v) is 10.2. The van der Waals surface area contributed by atoms with Gasteiger partial charge in [0.05, 0.1) is 12.2 Å². The van der Waals surface area contributed by atoms with Crippen LogP contribution in [0.2, 0.25) is 0 Å². The molecule has 3 heteroatoms. The number of ether oxygens (including phenoxy) is 2. The predicted molar refractivity (Wildman–Crippen MR) is 59.4 cm³/mol. The molecule has 0 aliphatic carbocycles. The summed E-state index contributed by atoms with van der Waals surface area (Å²) in [5.41, 5.74) is 5.43. The first-order chi connectivity index (χ1) is 6.27. The largest absolute Gasteiger partial charge is 0.382 e. The maximum absolute atomic E-state index is 5.84. The molecule has 0 unspecified atom stereocenters. The Morgan fingerprint density at radius 1 is 1.14 bits per heavy atom. The van der Waals surface area contributed by atoms with Gasteiger partial charge in [-0.15, -0.1) is 0 Å². The Morgan fingerprint density at radius 3 is 2.14 bits per heavy atom. The van der Waals surface area contributed by atoms with Crippen LogP contribution in [0.4, 0.5) is 0 Å². The Labute approximate surface area is 88.0 Å². The van der Waals surface area contributed by atoms with Crippen LogP contribution in [0.25, 0.3) is 0 Å².